The summed E-state index contributed by atoms with van der Waals surface area (Å²) in [5.74, 6) is 0.784. The summed E-state index contributed by atoms with van der Waals surface area (Å²) in [5.41, 5.74) is 4.02. The van der Waals surface area contributed by atoms with Gasteiger partial charge in [-0.25, -0.2) is 0 Å². The molecule has 0 bridgehead atoms. The maximum absolute atomic E-state index is 10.8. The van der Waals surface area contributed by atoms with E-state index in [-0.39, 0.29) is 6.10 Å². The highest BCUT2D eigenvalue weighted by molar-refractivity contribution is 5.95. The molecule has 0 saturated carbocycles. The van der Waals surface area contributed by atoms with Gasteiger partial charge in [0.25, 0.3) is 0 Å². The number of anilines is 1. The maximum Gasteiger partial charge on any atom is 0.211 e. The Hall–Kier alpha value is -3.26. The molecule has 0 atom stereocenters. The molecule has 3 aromatic rings. The molecule has 0 saturated heterocycles. The number of nitrogens with one attached hydrogen (secondary N) is 1. The Kier molecular flexibility index (Phi) is 4.94. The summed E-state index contributed by atoms with van der Waals surface area (Å²) in [4.78, 5) is 10.8. The first-order valence-electron chi connectivity index (χ1n) is 8.62. The van der Waals surface area contributed by atoms with Crippen molar-refractivity contribution in [3.05, 3.63) is 48.0 Å². The molecule has 1 aromatic heterocycles. The summed E-state index contributed by atoms with van der Waals surface area (Å²) in [6, 6.07) is 15.7. The number of rotatable bonds is 6. The fourth-order valence-corrected chi connectivity index (χ4v) is 3.24. The number of aryl methyl sites for hydroxylation is 1. The lowest BCUT2D eigenvalue weighted by Gasteiger charge is -2.12. The van der Waals surface area contributed by atoms with Gasteiger partial charge in [-0.3, -0.25) is 4.79 Å². The molecular weight excluding hydrogens is 326 g/mol. The van der Waals surface area contributed by atoms with Crippen LogP contribution in [0.1, 0.15) is 26.3 Å². The number of aromatic nitrogens is 1. The molecule has 5 heteroatoms. The van der Waals surface area contributed by atoms with Crippen LogP contribution in [-0.2, 0) is 11.3 Å². The van der Waals surface area contributed by atoms with E-state index in [4.69, 9.17) is 4.74 Å². The van der Waals surface area contributed by atoms with Gasteiger partial charge in [0, 0.05) is 29.2 Å². The summed E-state index contributed by atoms with van der Waals surface area (Å²) in [7, 11) is 0. The topological polar surface area (TPSA) is 67.0 Å². The van der Waals surface area contributed by atoms with Gasteiger partial charge in [-0.2, -0.15) is 5.26 Å². The number of ether oxygens (including phenoxy) is 1. The quantitative estimate of drug-likeness (QED) is 0.665. The van der Waals surface area contributed by atoms with Crippen LogP contribution in [0, 0.1) is 11.3 Å². The molecule has 0 radical (unpaired) electrons. The molecule has 1 N–H and O–H groups in total. The van der Waals surface area contributed by atoms with E-state index in [9.17, 15) is 10.1 Å². The molecular formula is C21H21N3O2. The van der Waals surface area contributed by atoms with E-state index in [1.165, 1.54) is 0 Å². The molecule has 0 aliphatic rings. The molecule has 0 unspecified atom stereocenters. The van der Waals surface area contributed by atoms with Crippen molar-refractivity contribution in [3.8, 4) is 23.1 Å². The maximum atomic E-state index is 10.8. The Morgan fingerprint density at radius 3 is 2.73 bits per heavy atom. The number of amides is 1. The lowest BCUT2D eigenvalue weighted by atomic mass is 10.1. The number of carbonyl (C=O) groups is 1. The molecule has 5 nitrogen and oxygen atoms in total. The van der Waals surface area contributed by atoms with Crippen molar-refractivity contribution >= 4 is 23.0 Å². The fraction of sp³-hybridized carbons (Fsp3) is 0.238. The Morgan fingerprint density at radius 1 is 1.27 bits per heavy atom. The van der Waals surface area contributed by atoms with Crippen LogP contribution in [0.2, 0.25) is 0 Å². The minimum atomic E-state index is 0.0819. The average molecular weight is 347 g/mol. The first-order chi connectivity index (χ1) is 12.6. The van der Waals surface area contributed by atoms with Gasteiger partial charge in [-0.15, -0.1) is 0 Å². The average Bonchev–Trinajstić information content (AvgIpc) is 2.94. The second kappa shape index (κ2) is 7.32. The van der Waals surface area contributed by atoms with Gasteiger partial charge in [0.1, 0.15) is 11.8 Å². The number of benzene rings is 2. The van der Waals surface area contributed by atoms with Crippen LogP contribution in [-0.4, -0.2) is 17.1 Å². The third kappa shape index (κ3) is 3.14. The number of hydrogen-bond acceptors (Lipinski definition) is 3. The number of fused-ring (bicyclic) bond motifs is 1. The number of nitrogens with zero attached hydrogens (tertiary/aromatic N) is 2. The molecule has 0 aliphatic heterocycles. The molecule has 26 heavy (non-hydrogen) atoms. The lowest BCUT2D eigenvalue weighted by Crippen LogP contribution is -2.05. The van der Waals surface area contributed by atoms with Crippen molar-refractivity contribution in [3.63, 3.8) is 0 Å². The molecule has 0 fully saturated rings. The van der Waals surface area contributed by atoms with Crippen molar-refractivity contribution in [1.82, 2.24) is 4.57 Å². The predicted octanol–water partition coefficient (Wildman–Crippen LogP) is 4.56. The number of hydrogen-bond donors (Lipinski definition) is 1. The van der Waals surface area contributed by atoms with Gasteiger partial charge < -0.3 is 14.6 Å². The van der Waals surface area contributed by atoms with E-state index in [1.54, 1.807) is 0 Å². The van der Waals surface area contributed by atoms with E-state index < -0.39 is 0 Å². The second-order valence-electron chi connectivity index (χ2n) is 6.27. The highest BCUT2D eigenvalue weighted by Gasteiger charge is 2.19. The minimum absolute atomic E-state index is 0.0819. The lowest BCUT2D eigenvalue weighted by molar-refractivity contribution is -0.105. The zero-order valence-electron chi connectivity index (χ0n) is 15.1. The molecule has 2 aromatic carbocycles. The SMILES string of the molecule is CCn1c(-c2cccc(NC=O)c2)c(C#N)c2ccc(OC(C)C)cc21. The van der Waals surface area contributed by atoms with Gasteiger partial charge in [-0.1, -0.05) is 12.1 Å². The third-order valence-corrected chi connectivity index (χ3v) is 4.20. The number of carbonyl (C=O) groups excluding carboxylic acids is 1. The normalized spacial score (nSPS) is 10.7. The van der Waals surface area contributed by atoms with Crippen molar-refractivity contribution in [2.75, 3.05) is 5.32 Å². The van der Waals surface area contributed by atoms with E-state index in [1.807, 2.05) is 63.2 Å². The zero-order chi connectivity index (χ0) is 18.7. The zero-order valence-corrected chi connectivity index (χ0v) is 15.1. The van der Waals surface area contributed by atoms with Gasteiger partial charge in [0.05, 0.1) is 22.9 Å². The summed E-state index contributed by atoms with van der Waals surface area (Å²) in [5, 5.41) is 13.4. The van der Waals surface area contributed by atoms with Crippen LogP contribution in [0.15, 0.2) is 42.5 Å². The molecule has 0 spiro atoms. The molecule has 132 valence electrons. The van der Waals surface area contributed by atoms with E-state index >= 15 is 0 Å². The smallest absolute Gasteiger partial charge is 0.211 e. The van der Waals surface area contributed by atoms with Gasteiger partial charge in [0.15, 0.2) is 0 Å². The van der Waals surface area contributed by atoms with Crippen LogP contribution >= 0.6 is 0 Å². The second-order valence-corrected chi connectivity index (χ2v) is 6.27. The summed E-state index contributed by atoms with van der Waals surface area (Å²) < 4.78 is 7.93. The monoisotopic (exact) mass is 347 g/mol. The Balaban J connectivity index is 2.26. The summed E-state index contributed by atoms with van der Waals surface area (Å²) in [6.45, 7) is 6.74. The third-order valence-electron chi connectivity index (χ3n) is 4.20. The highest BCUT2D eigenvalue weighted by atomic mass is 16.5. The minimum Gasteiger partial charge on any atom is -0.491 e. The molecule has 1 amide bonds. The Bertz CT molecular complexity index is 996. The summed E-state index contributed by atoms with van der Waals surface area (Å²) in [6.07, 6.45) is 0.730. The Labute approximate surface area is 152 Å². The van der Waals surface area contributed by atoms with E-state index in [0.29, 0.717) is 24.2 Å². The van der Waals surface area contributed by atoms with E-state index in [2.05, 4.69) is 16.0 Å². The van der Waals surface area contributed by atoms with Crippen LogP contribution in [0.3, 0.4) is 0 Å². The standard InChI is InChI=1S/C21H21N3O2/c1-4-24-20-11-17(26-14(2)3)8-9-18(20)19(12-22)21(24)15-6-5-7-16(10-15)23-13-25/h5-11,13-14H,4H2,1-3H3,(H,23,25). The largest absolute Gasteiger partial charge is 0.491 e. The molecule has 0 aliphatic carbocycles. The van der Waals surface area contributed by atoms with Crippen LogP contribution < -0.4 is 10.1 Å². The van der Waals surface area contributed by atoms with Crippen LogP contribution in [0.25, 0.3) is 22.2 Å². The molecule has 3 rings (SSSR count). The predicted molar refractivity (Wildman–Crippen MR) is 103 cm³/mol. The van der Waals surface area contributed by atoms with Crippen molar-refractivity contribution in [1.29, 1.82) is 5.26 Å². The fourth-order valence-electron chi connectivity index (χ4n) is 3.24. The van der Waals surface area contributed by atoms with E-state index in [0.717, 1.165) is 27.9 Å². The van der Waals surface area contributed by atoms with Gasteiger partial charge >= 0.3 is 0 Å². The highest BCUT2D eigenvalue weighted by Crippen LogP contribution is 2.36. The summed E-state index contributed by atoms with van der Waals surface area (Å²) >= 11 is 0. The van der Waals surface area contributed by atoms with Gasteiger partial charge in [0.2, 0.25) is 6.41 Å². The first-order valence-corrected chi connectivity index (χ1v) is 8.62. The van der Waals surface area contributed by atoms with Crippen LogP contribution in [0.4, 0.5) is 5.69 Å². The first kappa shape index (κ1) is 17.6. The van der Waals surface area contributed by atoms with Crippen molar-refractivity contribution < 1.29 is 9.53 Å². The van der Waals surface area contributed by atoms with Gasteiger partial charge in [-0.05, 0) is 45.0 Å². The molecule has 1 heterocycles. The van der Waals surface area contributed by atoms with Crippen LogP contribution in [0.5, 0.6) is 5.75 Å². The van der Waals surface area contributed by atoms with Crippen molar-refractivity contribution in [2.24, 2.45) is 0 Å². The number of nitriles is 1. The Morgan fingerprint density at radius 2 is 2.08 bits per heavy atom. The van der Waals surface area contributed by atoms with Crippen molar-refractivity contribution in [2.45, 2.75) is 33.4 Å².